The van der Waals surface area contributed by atoms with Gasteiger partial charge in [0.15, 0.2) is 11.5 Å². The lowest BCUT2D eigenvalue weighted by Crippen LogP contribution is -2.27. The molecular formula is C15H22N2O3. The van der Waals surface area contributed by atoms with Crippen LogP contribution in [0.4, 0.5) is 5.69 Å². The number of rotatable bonds is 6. The van der Waals surface area contributed by atoms with Crippen molar-refractivity contribution in [3.8, 4) is 11.5 Å². The zero-order chi connectivity index (χ0) is 14.7. The smallest absolute Gasteiger partial charge is 0.253 e. The van der Waals surface area contributed by atoms with Gasteiger partial charge in [0, 0.05) is 17.8 Å². The van der Waals surface area contributed by atoms with Crippen molar-refractivity contribution in [2.45, 2.75) is 32.2 Å². The highest BCUT2D eigenvalue weighted by Gasteiger charge is 2.37. The maximum Gasteiger partial charge on any atom is 0.253 e. The van der Waals surface area contributed by atoms with E-state index in [1.54, 1.807) is 12.1 Å². The molecule has 5 heteroatoms. The predicted octanol–water partition coefficient (Wildman–Crippen LogP) is 2.20. The van der Waals surface area contributed by atoms with Gasteiger partial charge in [-0.25, -0.2) is 0 Å². The van der Waals surface area contributed by atoms with E-state index < -0.39 is 0 Å². The van der Waals surface area contributed by atoms with Gasteiger partial charge in [0.25, 0.3) is 5.91 Å². The van der Waals surface area contributed by atoms with Crippen LogP contribution in [0.1, 0.15) is 36.5 Å². The number of benzene rings is 1. The minimum Gasteiger partial charge on any atom is -0.493 e. The summed E-state index contributed by atoms with van der Waals surface area (Å²) in [5.41, 5.74) is 6.75. The molecule has 1 saturated carbocycles. The minimum atomic E-state index is -0.146. The average molecular weight is 278 g/mol. The van der Waals surface area contributed by atoms with Gasteiger partial charge >= 0.3 is 0 Å². The molecule has 0 spiro atoms. The Morgan fingerprint density at radius 3 is 2.60 bits per heavy atom. The SMILES string of the molecule is CCCC1CC1NC(=O)c1cc(OC)c(OC)cc1N. The summed E-state index contributed by atoms with van der Waals surface area (Å²) in [6.07, 6.45) is 3.37. The molecule has 1 aliphatic rings. The molecule has 0 saturated heterocycles. The molecule has 0 aliphatic heterocycles. The first-order valence-corrected chi connectivity index (χ1v) is 6.93. The van der Waals surface area contributed by atoms with Gasteiger partial charge in [-0.15, -0.1) is 0 Å². The quantitative estimate of drug-likeness (QED) is 0.782. The van der Waals surface area contributed by atoms with Crippen LogP contribution in [0.25, 0.3) is 0 Å². The number of hydrogen-bond donors (Lipinski definition) is 2. The third-order valence-corrected chi connectivity index (χ3v) is 3.70. The van der Waals surface area contributed by atoms with Crippen molar-refractivity contribution < 1.29 is 14.3 Å². The molecule has 110 valence electrons. The molecule has 0 bridgehead atoms. The molecule has 0 aromatic heterocycles. The van der Waals surface area contributed by atoms with Gasteiger partial charge in [0.1, 0.15) is 0 Å². The van der Waals surface area contributed by atoms with Crippen LogP contribution in [0.2, 0.25) is 0 Å². The fourth-order valence-corrected chi connectivity index (χ4v) is 2.45. The standard InChI is InChI=1S/C15H22N2O3/c1-4-5-9-6-12(9)17-15(18)10-7-13(19-2)14(20-3)8-11(10)16/h7-9,12H,4-6,16H2,1-3H3,(H,17,18). The maximum absolute atomic E-state index is 12.2. The van der Waals surface area contributed by atoms with E-state index in [0.29, 0.717) is 28.7 Å². The van der Waals surface area contributed by atoms with E-state index in [1.807, 2.05) is 0 Å². The number of anilines is 1. The third kappa shape index (κ3) is 2.98. The number of hydrogen-bond acceptors (Lipinski definition) is 4. The first-order chi connectivity index (χ1) is 9.60. The van der Waals surface area contributed by atoms with Gasteiger partial charge < -0.3 is 20.5 Å². The highest BCUT2D eigenvalue weighted by Crippen LogP contribution is 2.36. The molecular weight excluding hydrogens is 256 g/mol. The van der Waals surface area contributed by atoms with Crippen molar-refractivity contribution >= 4 is 11.6 Å². The van der Waals surface area contributed by atoms with Gasteiger partial charge in [0.2, 0.25) is 0 Å². The summed E-state index contributed by atoms with van der Waals surface area (Å²) in [7, 11) is 3.07. The molecule has 1 aromatic rings. The number of carbonyl (C=O) groups excluding carboxylic acids is 1. The first-order valence-electron chi connectivity index (χ1n) is 6.93. The monoisotopic (exact) mass is 278 g/mol. The Hall–Kier alpha value is -1.91. The Labute approximate surface area is 119 Å². The van der Waals surface area contributed by atoms with Gasteiger partial charge in [0.05, 0.1) is 19.8 Å². The normalized spacial score (nSPS) is 20.4. The molecule has 5 nitrogen and oxygen atoms in total. The number of nitrogens with one attached hydrogen (secondary N) is 1. The summed E-state index contributed by atoms with van der Waals surface area (Å²) in [5, 5.41) is 3.02. The molecule has 1 fully saturated rings. The lowest BCUT2D eigenvalue weighted by molar-refractivity contribution is 0.0949. The Morgan fingerprint density at radius 2 is 2.00 bits per heavy atom. The molecule has 2 atom stereocenters. The second kappa shape index (κ2) is 6.03. The van der Waals surface area contributed by atoms with Crippen LogP contribution in [-0.2, 0) is 0 Å². The van der Waals surface area contributed by atoms with Crippen molar-refractivity contribution in [2.24, 2.45) is 5.92 Å². The summed E-state index contributed by atoms with van der Waals surface area (Å²) >= 11 is 0. The van der Waals surface area contributed by atoms with E-state index in [0.717, 1.165) is 19.3 Å². The lowest BCUT2D eigenvalue weighted by atomic mass is 10.1. The van der Waals surface area contributed by atoms with Crippen LogP contribution in [0, 0.1) is 5.92 Å². The van der Waals surface area contributed by atoms with E-state index in [1.165, 1.54) is 14.2 Å². The highest BCUT2D eigenvalue weighted by molar-refractivity contribution is 6.00. The molecule has 2 unspecified atom stereocenters. The third-order valence-electron chi connectivity index (χ3n) is 3.70. The van der Waals surface area contributed by atoms with Gasteiger partial charge in [-0.05, 0) is 24.8 Å². The van der Waals surface area contributed by atoms with Crippen LogP contribution in [0.3, 0.4) is 0 Å². The van der Waals surface area contributed by atoms with Crippen molar-refractivity contribution in [1.82, 2.24) is 5.32 Å². The van der Waals surface area contributed by atoms with Crippen molar-refractivity contribution in [2.75, 3.05) is 20.0 Å². The Morgan fingerprint density at radius 1 is 1.35 bits per heavy atom. The minimum absolute atomic E-state index is 0.146. The van der Waals surface area contributed by atoms with Crippen molar-refractivity contribution in [3.63, 3.8) is 0 Å². The highest BCUT2D eigenvalue weighted by atomic mass is 16.5. The molecule has 1 amide bonds. The fourth-order valence-electron chi connectivity index (χ4n) is 2.45. The van der Waals surface area contributed by atoms with E-state index in [9.17, 15) is 4.79 Å². The average Bonchev–Trinajstić information content (AvgIpc) is 3.16. The Bertz CT molecular complexity index is 502. The molecule has 2 rings (SSSR count). The predicted molar refractivity (Wildman–Crippen MR) is 78.2 cm³/mol. The topological polar surface area (TPSA) is 73.6 Å². The molecule has 0 radical (unpaired) electrons. The first kappa shape index (κ1) is 14.5. The Balaban J connectivity index is 2.10. The van der Waals surface area contributed by atoms with Crippen LogP contribution in [-0.4, -0.2) is 26.2 Å². The molecule has 20 heavy (non-hydrogen) atoms. The summed E-state index contributed by atoms with van der Waals surface area (Å²) in [5.74, 6) is 1.50. The molecule has 3 N–H and O–H groups in total. The lowest BCUT2D eigenvalue weighted by Gasteiger charge is -2.12. The second-order valence-corrected chi connectivity index (χ2v) is 5.16. The summed E-state index contributed by atoms with van der Waals surface area (Å²) < 4.78 is 10.4. The van der Waals surface area contributed by atoms with Gasteiger partial charge in [-0.2, -0.15) is 0 Å². The van der Waals surface area contributed by atoms with Crippen molar-refractivity contribution in [3.05, 3.63) is 17.7 Å². The largest absolute Gasteiger partial charge is 0.493 e. The van der Waals surface area contributed by atoms with Crippen LogP contribution < -0.4 is 20.5 Å². The molecule has 0 heterocycles. The number of nitrogen functional groups attached to an aromatic ring is 1. The second-order valence-electron chi connectivity index (χ2n) is 5.16. The van der Waals surface area contributed by atoms with Crippen LogP contribution in [0.15, 0.2) is 12.1 Å². The van der Waals surface area contributed by atoms with Crippen LogP contribution >= 0.6 is 0 Å². The summed E-state index contributed by atoms with van der Waals surface area (Å²) in [6.45, 7) is 2.16. The summed E-state index contributed by atoms with van der Waals surface area (Å²) in [6, 6.07) is 3.53. The van der Waals surface area contributed by atoms with E-state index in [2.05, 4.69) is 12.2 Å². The maximum atomic E-state index is 12.2. The zero-order valence-electron chi connectivity index (χ0n) is 12.2. The van der Waals surface area contributed by atoms with E-state index in [4.69, 9.17) is 15.2 Å². The van der Waals surface area contributed by atoms with Crippen LogP contribution in [0.5, 0.6) is 11.5 Å². The van der Waals surface area contributed by atoms with Gasteiger partial charge in [-0.1, -0.05) is 13.3 Å². The number of nitrogens with two attached hydrogens (primary N) is 1. The zero-order valence-corrected chi connectivity index (χ0v) is 12.2. The molecule has 1 aliphatic carbocycles. The number of methoxy groups -OCH3 is 2. The van der Waals surface area contributed by atoms with E-state index in [-0.39, 0.29) is 11.9 Å². The van der Waals surface area contributed by atoms with E-state index >= 15 is 0 Å². The fraction of sp³-hybridized carbons (Fsp3) is 0.533. The Kier molecular flexibility index (Phi) is 4.37. The number of carbonyl (C=O) groups is 1. The summed E-state index contributed by atoms with van der Waals surface area (Å²) in [4.78, 5) is 12.2. The number of amides is 1. The van der Waals surface area contributed by atoms with Gasteiger partial charge in [-0.3, -0.25) is 4.79 Å². The number of ether oxygens (including phenoxy) is 2. The molecule has 1 aromatic carbocycles. The van der Waals surface area contributed by atoms with Crippen molar-refractivity contribution in [1.29, 1.82) is 0 Å².